The van der Waals surface area contributed by atoms with E-state index in [0.717, 1.165) is 12.8 Å². The first kappa shape index (κ1) is 18.0. The number of amides is 1. The molecule has 1 rings (SSSR count). The number of hydrogen-bond acceptors (Lipinski definition) is 4. The first-order valence-corrected chi connectivity index (χ1v) is 7.46. The molecule has 1 N–H and O–H groups in total. The number of aromatic nitrogens is 1. The lowest BCUT2D eigenvalue weighted by molar-refractivity contribution is -0.124. The maximum absolute atomic E-state index is 11.8. The summed E-state index contributed by atoms with van der Waals surface area (Å²) in [6.07, 6.45) is 2.99. The fourth-order valence-corrected chi connectivity index (χ4v) is 2.16. The van der Waals surface area contributed by atoms with Crippen LogP contribution in [0.3, 0.4) is 0 Å². The van der Waals surface area contributed by atoms with Crippen molar-refractivity contribution in [1.29, 1.82) is 0 Å². The van der Waals surface area contributed by atoms with Crippen LogP contribution in [0, 0.1) is 0 Å². The summed E-state index contributed by atoms with van der Waals surface area (Å²) >= 11 is 17.4. The third-order valence-electron chi connectivity index (χ3n) is 2.57. The van der Waals surface area contributed by atoms with E-state index in [1.54, 1.807) is 0 Å². The predicted molar refractivity (Wildman–Crippen MR) is 82.1 cm³/mol. The number of ether oxygens (including phenoxy) is 1. The molecule has 0 saturated heterocycles. The van der Waals surface area contributed by atoms with Crippen molar-refractivity contribution in [2.75, 3.05) is 6.61 Å². The molecule has 0 saturated carbocycles. The summed E-state index contributed by atoms with van der Waals surface area (Å²) in [6.45, 7) is 3.48. The Labute approximate surface area is 137 Å². The molecule has 0 fully saturated rings. The summed E-state index contributed by atoms with van der Waals surface area (Å²) in [5.41, 5.74) is -0.180. The molecular weight excluding hydrogens is 339 g/mol. The molecule has 0 bridgehead atoms. The molecule has 8 heteroatoms. The van der Waals surface area contributed by atoms with Crippen LogP contribution < -0.4 is 5.32 Å². The Morgan fingerprint density at radius 1 is 1.33 bits per heavy atom. The predicted octanol–water partition coefficient (Wildman–Crippen LogP) is 3.50. The van der Waals surface area contributed by atoms with Gasteiger partial charge in [-0.15, -0.1) is 0 Å². The highest BCUT2D eigenvalue weighted by Crippen LogP contribution is 2.31. The van der Waals surface area contributed by atoms with Crippen LogP contribution in [0.5, 0.6) is 0 Å². The molecule has 1 aromatic heterocycles. The molecule has 0 radical (unpaired) electrons. The highest BCUT2D eigenvalue weighted by atomic mass is 35.5. The second-order valence-corrected chi connectivity index (χ2v) is 5.58. The molecule has 1 atom stereocenters. The van der Waals surface area contributed by atoms with Gasteiger partial charge < -0.3 is 10.1 Å². The molecule has 21 heavy (non-hydrogen) atoms. The van der Waals surface area contributed by atoms with Crippen LogP contribution in [-0.2, 0) is 9.53 Å². The molecule has 1 amide bonds. The molecule has 5 nitrogen and oxygen atoms in total. The van der Waals surface area contributed by atoms with E-state index in [-0.39, 0.29) is 32.7 Å². The van der Waals surface area contributed by atoms with Crippen LogP contribution in [0.1, 0.15) is 37.2 Å². The summed E-state index contributed by atoms with van der Waals surface area (Å²) in [5, 5.41) is 2.75. The summed E-state index contributed by atoms with van der Waals surface area (Å²) < 4.78 is 4.84. The van der Waals surface area contributed by atoms with Crippen LogP contribution in [0.15, 0.2) is 6.20 Å². The molecule has 0 spiro atoms. The van der Waals surface area contributed by atoms with E-state index in [2.05, 4.69) is 10.3 Å². The van der Waals surface area contributed by atoms with Gasteiger partial charge in [0.15, 0.2) is 12.3 Å². The van der Waals surface area contributed by atoms with Gasteiger partial charge in [-0.1, -0.05) is 48.1 Å². The molecule has 0 aliphatic heterocycles. The Bertz CT molecular complexity index is 538. The van der Waals surface area contributed by atoms with Crippen molar-refractivity contribution in [2.24, 2.45) is 0 Å². The third kappa shape index (κ3) is 5.34. The zero-order valence-corrected chi connectivity index (χ0v) is 13.8. The van der Waals surface area contributed by atoms with Crippen LogP contribution in [0.25, 0.3) is 0 Å². The molecule has 1 aromatic rings. The van der Waals surface area contributed by atoms with Crippen LogP contribution in [-0.4, -0.2) is 29.5 Å². The van der Waals surface area contributed by atoms with Crippen molar-refractivity contribution < 1.29 is 14.3 Å². The van der Waals surface area contributed by atoms with Gasteiger partial charge in [0.05, 0.1) is 15.1 Å². The Morgan fingerprint density at radius 3 is 2.62 bits per heavy atom. The normalized spacial score (nSPS) is 11.9. The minimum absolute atomic E-state index is 0.0151. The number of esters is 1. The fourth-order valence-electron chi connectivity index (χ4n) is 1.61. The maximum atomic E-state index is 11.8. The van der Waals surface area contributed by atoms with Crippen LogP contribution >= 0.6 is 34.8 Å². The summed E-state index contributed by atoms with van der Waals surface area (Å²) in [5.74, 6) is -1.22. The Balaban J connectivity index is 2.59. The van der Waals surface area contributed by atoms with Crippen LogP contribution in [0.2, 0.25) is 15.1 Å². The fraction of sp³-hybridized carbons (Fsp3) is 0.462. The lowest BCUT2D eigenvalue weighted by Gasteiger charge is -2.12. The molecule has 1 heterocycles. The number of rotatable bonds is 6. The van der Waals surface area contributed by atoms with Crippen LogP contribution in [0.4, 0.5) is 0 Å². The van der Waals surface area contributed by atoms with E-state index >= 15 is 0 Å². The molecule has 0 aromatic carbocycles. The lowest BCUT2D eigenvalue weighted by atomic mass is 10.2. The quantitative estimate of drug-likeness (QED) is 0.795. The number of nitrogens with one attached hydrogen (secondary N) is 1. The molecular formula is C13H15Cl3N2O3. The summed E-state index contributed by atoms with van der Waals surface area (Å²) in [4.78, 5) is 27.1. The van der Waals surface area contributed by atoms with E-state index in [0.29, 0.717) is 0 Å². The van der Waals surface area contributed by atoms with Gasteiger partial charge in [0.25, 0.3) is 5.91 Å². The highest BCUT2D eigenvalue weighted by Gasteiger charge is 2.19. The smallest absolute Gasteiger partial charge is 0.359 e. The number of carbonyl (C=O) groups excluding carboxylic acids is 2. The van der Waals surface area contributed by atoms with Gasteiger partial charge in [-0.3, -0.25) is 4.79 Å². The van der Waals surface area contributed by atoms with Gasteiger partial charge >= 0.3 is 5.97 Å². The Hall–Kier alpha value is -1.04. The number of pyridine rings is 1. The first-order valence-electron chi connectivity index (χ1n) is 6.32. The number of halogens is 3. The first-order chi connectivity index (χ1) is 9.86. The van der Waals surface area contributed by atoms with E-state index < -0.39 is 12.6 Å². The second kappa shape index (κ2) is 8.41. The molecule has 116 valence electrons. The van der Waals surface area contributed by atoms with Crippen molar-refractivity contribution in [3.8, 4) is 0 Å². The number of carbonyl (C=O) groups is 2. The summed E-state index contributed by atoms with van der Waals surface area (Å²) in [6, 6.07) is 0.0212. The van der Waals surface area contributed by atoms with Crippen molar-refractivity contribution in [3.05, 3.63) is 27.0 Å². The average molecular weight is 354 g/mol. The topological polar surface area (TPSA) is 68.3 Å². The second-order valence-electron chi connectivity index (χ2n) is 4.42. The van der Waals surface area contributed by atoms with Gasteiger partial charge in [-0.25, -0.2) is 9.78 Å². The molecule has 0 aliphatic rings. The Morgan fingerprint density at radius 2 is 2.00 bits per heavy atom. The standard InChI is InChI=1S/C13H15Cl3N2O3/c1-3-4-7(2)18-9(19)6-21-13(20)12-11(16)10(15)8(14)5-17-12/h5,7H,3-4,6H2,1-2H3,(H,18,19)/t7-/m1/s1. The van der Waals surface area contributed by atoms with Crippen molar-refractivity contribution in [1.82, 2.24) is 10.3 Å². The van der Waals surface area contributed by atoms with Gasteiger partial charge in [-0.05, 0) is 13.3 Å². The molecule has 0 unspecified atom stereocenters. The van der Waals surface area contributed by atoms with E-state index in [9.17, 15) is 9.59 Å². The Kier molecular flexibility index (Phi) is 7.22. The zero-order chi connectivity index (χ0) is 16.0. The molecule has 0 aliphatic carbocycles. The number of hydrogen-bond donors (Lipinski definition) is 1. The van der Waals surface area contributed by atoms with Gasteiger partial charge in [-0.2, -0.15) is 0 Å². The minimum atomic E-state index is -0.836. The third-order valence-corrected chi connectivity index (χ3v) is 3.81. The monoisotopic (exact) mass is 352 g/mol. The largest absolute Gasteiger partial charge is 0.451 e. The minimum Gasteiger partial charge on any atom is -0.451 e. The van der Waals surface area contributed by atoms with E-state index in [1.807, 2.05) is 13.8 Å². The van der Waals surface area contributed by atoms with Crippen molar-refractivity contribution >= 4 is 46.7 Å². The van der Waals surface area contributed by atoms with Gasteiger partial charge in [0.1, 0.15) is 0 Å². The van der Waals surface area contributed by atoms with Crippen molar-refractivity contribution in [3.63, 3.8) is 0 Å². The average Bonchev–Trinajstić information content (AvgIpc) is 2.42. The SMILES string of the molecule is CCC[C@@H](C)NC(=O)COC(=O)c1ncc(Cl)c(Cl)c1Cl. The number of nitrogens with zero attached hydrogens (tertiary/aromatic N) is 1. The van der Waals surface area contributed by atoms with E-state index in [1.165, 1.54) is 6.20 Å². The van der Waals surface area contributed by atoms with Gasteiger partial charge in [0.2, 0.25) is 0 Å². The van der Waals surface area contributed by atoms with E-state index in [4.69, 9.17) is 39.5 Å². The lowest BCUT2D eigenvalue weighted by Crippen LogP contribution is -2.35. The summed E-state index contributed by atoms with van der Waals surface area (Å²) in [7, 11) is 0. The maximum Gasteiger partial charge on any atom is 0.359 e. The van der Waals surface area contributed by atoms with Gasteiger partial charge in [0, 0.05) is 12.2 Å². The zero-order valence-electron chi connectivity index (χ0n) is 11.6. The highest BCUT2D eigenvalue weighted by molar-refractivity contribution is 6.48. The van der Waals surface area contributed by atoms with Crippen molar-refractivity contribution in [2.45, 2.75) is 32.7 Å².